The van der Waals surface area contributed by atoms with Crippen molar-refractivity contribution < 1.29 is 34.6 Å². The number of non-ortho nitro benzene ring substituents is 1. The Bertz CT molecular complexity index is 818. The summed E-state index contributed by atoms with van der Waals surface area (Å²) in [6.45, 7) is 3.07. The number of benzene rings is 1. The van der Waals surface area contributed by atoms with Crippen LogP contribution in [0.2, 0.25) is 0 Å². The molecule has 1 aliphatic rings. The average Bonchev–Trinajstić information content (AvgIpc) is 2.74. The van der Waals surface area contributed by atoms with E-state index in [1.165, 1.54) is 12.1 Å². The second-order valence-corrected chi connectivity index (χ2v) is 8.21. The predicted octanol–water partition coefficient (Wildman–Crippen LogP) is -0.430. The molecule has 3 N–H and O–H groups in total. The summed E-state index contributed by atoms with van der Waals surface area (Å²) >= 11 is 0. The van der Waals surface area contributed by atoms with E-state index >= 15 is 0 Å². The van der Waals surface area contributed by atoms with Crippen molar-refractivity contribution in [3.8, 4) is 0 Å². The molecule has 0 amide bonds. The van der Waals surface area contributed by atoms with Crippen LogP contribution in [0.25, 0.3) is 0 Å². The number of aliphatic carboxylic acids is 3. The first-order valence-electron chi connectivity index (χ1n) is 10.9. The van der Waals surface area contributed by atoms with Gasteiger partial charge in [-0.2, -0.15) is 0 Å². The van der Waals surface area contributed by atoms with Crippen LogP contribution in [0.4, 0.5) is 5.69 Å². The summed E-state index contributed by atoms with van der Waals surface area (Å²) in [5.41, 5.74) is 0.837. The van der Waals surface area contributed by atoms with E-state index in [1.54, 1.807) is 26.8 Å². The van der Waals surface area contributed by atoms with Crippen molar-refractivity contribution in [3.63, 3.8) is 0 Å². The van der Waals surface area contributed by atoms with E-state index in [4.69, 9.17) is 0 Å². The number of carbonyl (C=O) groups is 3. The van der Waals surface area contributed by atoms with Gasteiger partial charge >= 0.3 is 17.9 Å². The van der Waals surface area contributed by atoms with Gasteiger partial charge in [-0.15, -0.1) is 0 Å². The molecule has 1 aliphatic heterocycles. The summed E-state index contributed by atoms with van der Waals surface area (Å²) in [5, 5.41) is 38.7. The van der Waals surface area contributed by atoms with E-state index in [1.807, 2.05) is 0 Å². The van der Waals surface area contributed by atoms with Crippen LogP contribution in [0.3, 0.4) is 0 Å². The molecule has 34 heavy (non-hydrogen) atoms. The standard InChI is InChI=1S/C21H31N5O8/c27-19(28)14-23-7-5-22(13-17-1-3-18(4-2-17)26(33)34)6-8-24(15-20(29)30)10-12-25(11-9-23)16-21(31)32/h1-4H,5-16H2,(H,27,28)(H,29,30)(H,31,32). The summed E-state index contributed by atoms with van der Waals surface area (Å²) in [4.78, 5) is 51.6. The van der Waals surface area contributed by atoms with E-state index in [9.17, 15) is 39.8 Å². The fourth-order valence-electron chi connectivity index (χ4n) is 3.77. The molecule has 1 aromatic carbocycles. The number of nitro groups is 1. The fraction of sp³-hybridized carbons (Fsp3) is 0.571. The maximum Gasteiger partial charge on any atom is 0.317 e. The molecule has 0 unspecified atom stereocenters. The van der Waals surface area contributed by atoms with Gasteiger partial charge < -0.3 is 15.3 Å². The van der Waals surface area contributed by atoms with Crippen molar-refractivity contribution in [1.29, 1.82) is 0 Å². The first-order chi connectivity index (χ1) is 16.1. The number of carboxylic acid groups (broad SMARTS) is 3. The van der Waals surface area contributed by atoms with Crippen LogP contribution in [-0.4, -0.2) is 130 Å². The Labute approximate surface area is 196 Å². The van der Waals surface area contributed by atoms with Gasteiger partial charge in [0.1, 0.15) is 0 Å². The average molecular weight is 482 g/mol. The Morgan fingerprint density at radius 2 is 1.00 bits per heavy atom. The molecular weight excluding hydrogens is 450 g/mol. The lowest BCUT2D eigenvalue weighted by atomic mass is 10.2. The maximum atomic E-state index is 11.3. The van der Waals surface area contributed by atoms with Crippen molar-refractivity contribution in [2.45, 2.75) is 6.54 Å². The zero-order valence-electron chi connectivity index (χ0n) is 18.9. The van der Waals surface area contributed by atoms with Gasteiger partial charge in [-0.1, -0.05) is 12.1 Å². The molecule has 13 heteroatoms. The summed E-state index contributed by atoms with van der Waals surface area (Å²) < 4.78 is 0. The quantitative estimate of drug-likeness (QED) is 0.308. The van der Waals surface area contributed by atoms with Gasteiger partial charge in [0.05, 0.1) is 24.6 Å². The van der Waals surface area contributed by atoms with Crippen molar-refractivity contribution in [2.24, 2.45) is 0 Å². The minimum absolute atomic E-state index is 0.0105. The van der Waals surface area contributed by atoms with Gasteiger partial charge in [0.2, 0.25) is 0 Å². The Balaban J connectivity index is 2.17. The Morgan fingerprint density at radius 3 is 1.29 bits per heavy atom. The summed E-state index contributed by atoms with van der Waals surface area (Å²) in [6.07, 6.45) is 0. The van der Waals surface area contributed by atoms with Crippen molar-refractivity contribution in [2.75, 3.05) is 72.0 Å². The lowest BCUT2D eigenvalue weighted by molar-refractivity contribution is -0.384. The molecule has 0 bridgehead atoms. The van der Waals surface area contributed by atoms with Gasteiger partial charge in [0.25, 0.3) is 5.69 Å². The number of nitrogens with zero attached hydrogens (tertiary/aromatic N) is 5. The summed E-state index contributed by atoms with van der Waals surface area (Å²) in [7, 11) is 0. The molecule has 2 rings (SSSR count). The monoisotopic (exact) mass is 481 g/mol. The molecule has 13 nitrogen and oxygen atoms in total. The molecule has 1 aromatic rings. The number of hydrogen-bond acceptors (Lipinski definition) is 9. The van der Waals surface area contributed by atoms with Gasteiger partial charge in [-0.25, -0.2) is 0 Å². The van der Waals surface area contributed by atoms with E-state index < -0.39 is 22.8 Å². The van der Waals surface area contributed by atoms with Gasteiger partial charge in [-0.05, 0) is 5.56 Å². The molecule has 0 atom stereocenters. The van der Waals surface area contributed by atoms with Crippen molar-refractivity contribution in [3.05, 3.63) is 39.9 Å². The van der Waals surface area contributed by atoms with Crippen LogP contribution in [-0.2, 0) is 20.9 Å². The Morgan fingerprint density at radius 1 is 0.676 bits per heavy atom. The molecule has 0 aliphatic carbocycles. The third-order valence-electron chi connectivity index (χ3n) is 5.56. The zero-order valence-corrected chi connectivity index (χ0v) is 18.9. The smallest absolute Gasteiger partial charge is 0.317 e. The van der Waals surface area contributed by atoms with Crippen LogP contribution >= 0.6 is 0 Å². The molecule has 0 saturated carbocycles. The third-order valence-corrected chi connectivity index (χ3v) is 5.56. The van der Waals surface area contributed by atoms with Crippen LogP contribution in [0, 0.1) is 10.1 Å². The Hall–Kier alpha value is -3.13. The summed E-state index contributed by atoms with van der Waals surface area (Å²) in [5.74, 6) is -2.96. The number of nitro benzene ring substituents is 1. The van der Waals surface area contributed by atoms with E-state index in [0.29, 0.717) is 58.9 Å². The molecule has 1 fully saturated rings. The largest absolute Gasteiger partial charge is 0.480 e. The molecule has 1 heterocycles. The van der Waals surface area contributed by atoms with E-state index in [2.05, 4.69) is 4.90 Å². The van der Waals surface area contributed by atoms with Gasteiger partial charge in [-0.3, -0.25) is 44.1 Å². The lowest BCUT2D eigenvalue weighted by Crippen LogP contribution is -2.48. The molecule has 1 saturated heterocycles. The highest BCUT2D eigenvalue weighted by Gasteiger charge is 2.20. The SMILES string of the molecule is O=C(O)CN1CCN(CC(=O)O)CCN(Cc2ccc([N+](=O)[O-])cc2)CCN(CC(=O)O)CC1. The molecular formula is C21H31N5O8. The third kappa shape index (κ3) is 10.2. The van der Waals surface area contributed by atoms with Gasteiger partial charge in [0, 0.05) is 71.0 Å². The zero-order chi connectivity index (χ0) is 25.1. The normalized spacial score (nSPS) is 18.0. The molecule has 188 valence electrons. The van der Waals surface area contributed by atoms with E-state index in [0.717, 1.165) is 5.56 Å². The Kier molecular flexibility index (Phi) is 10.8. The minimum atomic E-state index is -1.00. The molecule has 0 spiro atoms. The van der Waals surface area contributed by atoms with Crippen LogP contribution < -0.4 is 0 Å². The summed E-state index contributed by atoms with van der Waals surface area (Å²) in [6, 6.07) is 6.19. The molecule has 0 radical (unpaired) electrons. The van der Waals surface area contributed by atoms with Crippen LogP contribution in [0.1, 0.15) is 5.56 Å². The first-order valence-corrected chi connectivity index (χ1v) is 10.9. The lowest BCUT2D eigenvalue weighted by Gasteiger charge is -2.33. The highest BCUT2D eigenvalue weighted by molar-refractivity contribution is 5.69. The molecule has 0 aromatic heterocycles. The minimum Gasteiger partial charge on any atom is -0.480 e. The second-order valence-electron chi connectivity index (χ2n) is 8.21. The van der Waals surface area contributed by atoms with Crippen LogP contribution in [0.15, 0.2) is 24.3 Å². The number of carboxylic acids is 3. The fourth-order valence-corrected chi connectivity index (χ4v) is 3.77. The van der Waals surface area contributed by atoms with Crippen molar-refractivity contribution in [1.82, 2.24) is 19.6 Å². The number of rotatable bonds is 9. The van der Waals surface area contributed by atoms with Gasteiger partial charge in [0.15, 0.2) is 0 Å². The topological polar surface area (TPSA) is 168 Å². The predicted molar refractivity (Wildman–Crippen MR) is 121 cm³/mol. The van der Waals surface area contributed by atoms with Crippen LogP contribution in [0.5, 0.6) is 0 Å². The first kappa shape index (κ1) is 27.1. The second kappa shape index (κ2) is 13.5. The number of hydrogen-bond donors (Lipinski definition) is 3. The maximum absolute atomic E-state index is 11.3. The van der Waals surface area contributed by atoms with Crippen molar-refractivity contribution >= 4 is 23.6 Å². The highest BCUT2D eigenvalue weighted by atomic mass is 16.6. The van der Waals surface area contributed by atoms with E-state index in [-0.39, 0.29) is 25.3 Å². The highest BCUT2D eigenvalue weighted by Crippen LogP contribution is 2.14.